The van der Waals surface area contributed by atoms with Crippen molar-refractivity contribution in [2.45, 2.75) is 38.8 Å². The summed E-state index contributed by atoms with van der Waals surface area (Å²) in [6, 6.07) is 11.3. The number of hydrogen-bond donors (Lipinski definition) is 1. The molecule has 2 heterocycles. The van der Waals surface area contributed by atoms with E-state index in [-0.39, 0.29) is 6.04 Å². The predicted molar refractivity (Wildman–Crippen MR) is 84.5 cm³/mol. The number of aromatic nitrogens is 1. The van der Waals surface area contributed by atoms with Gasteiger partial charge in [0.1, 0.15) is 5.75 Å². The molecule has 1 N–H and O–H groups in total. The van der Waals surface area contributed by atoms with Gasteiger partial charge in [0.15, 0.2) is 0 Å². The Morgan fingerprint density at radius 2 is 2.19 bits per heavy atom. The van der Waals surface area contributed by atoms with E-state index in [2.05, 4.69) is 48.4 Å². The van der Waals surface area contributed by atoms with Crippen molar-refractivity contribution in [1.29, 1.82) is 0 Å². The molecule has 1 aliphatic rings. The van der Waals surface area contributed by atoms with Gasteiger partial charge in [-0.3, -0.25) is 4.98 Å². The van der Waals surface area contributed by atoms with Crippen LogP contribution in [0.5, 0.6) is 5.75 Å². The third-order valence-corrected chi connectivity index (χ3v) is 4.16. The van der Waals surface area contributed by atoms with Crippen LogP contribution < -0.4 is 10.1 Å². The Labute approximate surface area is 126 Å². The van der Waals surface area contributed by atoms with Gasteiger partial charge in [-0.2, -0.15) is 0 Å². The van der Waals surface area contributed by atoms with Crippen molar-refractivity contribution >= 4 is 0 Å². The van der Waals surface area contributed by atoms with E-state index in [1.807, 2.05) is 18.5 Å². The SMILES string of the molecule is CCC(NC(C)c1cccnc1)c1ccc2c(c1)CCO2. The summed E-state index contributed by atoms with van der Waals surface area (Å²) >= 11 is 0. The molecule has 0 aliphatic carbocycles. The van der Waals surface area contributed by atoms with Crippen LogP contribution in [0, 0.1) is 0 Å². The number of nitrogens with zero attached hydrogens (tertiary/aromatic N) is 1. The number of pyridine rings is 1. The van der Waals surface area contributed by atoms with E-state index in [9.17, 15) is 0 Å². The lowest BCUT2D eigenvalue weighted by atomic mass is 9.99. The third-order valence-electron chi connectivity index (χ3n) is 4.16. The highest BCUT2D eigenvalue weighted by Gasteiger charge is 2.17. The molecule has 3 nitrogen and oxygen atoms in total. The van der Waals surface area contributed by atoms with Crippen molar-refractivity contribution in [2.24, 2.45) is 0 Å². The van der Waals surface area contributed by atoms with Gasteiger partial charge in [0.05, 0.1) is 6.61 Å². The van der Waals surface area contributed by atoms with Gasteiger partial charge in [-0.25, -0.2) is 0 Å². The van der Waals surface area contributed by atoms with Crippen LogP contribution in [0.2, 0.25) is 0 Å². The van der Waals surface area contributed by atoms with Crippen molar-refractivity contribution in [3.8, 4) is 5.75 Å². The number of fused-ring (bicyclic) bond motifs is 1. The average Bonchev–Trinajstić information content (AvgIpc) is 3.00. The number of hydrogen-bond acceptors (Lipinski definition) is 3. The Bertz CT molecular complexity index is 597. The summed E-state index contributed by atoms with van der Waals surface area (Å²) in [5.74, 6) is 1.05. The highest BCUT2D eigenvalue weighted by atomic mass is 16.5. The lowest BCUT2D eigenvalue weighted by molar-refractivity contribution is 0.356. The molecule has 0 bridgehead atoms. The molecule has 21 heavy (non-hydrogen) atoms. The Hall–Kier alpha value is -1.87. The summed E-state index contributed by atoms with van der Waals surface area (Å²) in [6.45, 7) is 5.22. The normalized spacial score (nSPS) is 16.1. The van der Waals surface area contributed by atoms with Crippen LogP contribution in [0.15, 0.2) is 42.7 Å². The lowest BCUT2D eigenvalue weighted by Gasteiger charge is -2.23. The number of ether oxygens (including phenoxy) is 1. The first-order chi connectivity index (χ1) is 10.3. The second kappa shape index (κ2) is 6.27. The van der Waals surface area contributed by atoms with E-state index in [4.69, 9.17) is 4.74 Å². The highest BCUT2D eigenvalue weighted by molar-refractivity contribution is 5.40. The fraction of sp³-hybridized carbons (Fsp3) is 0.389. The van der Waals surface area contributed by atoms with Crippen molar-refractivity contribution in [3.63, 3.8) is 0 Å². The van der Waals surface area contributed by atoms with Gasteiger partial charge in [0, 0.05) is 30.9 Å². The second-order valence-corrected chi connectivity index (χ2v) is 5.60. The van der Waals surface area contributed by atoms with Gasteiger partial charge in [0.25, 0.3) is 0 Å². The molecule has 110 valence electrons. The predicted octanol–water partition coefficient (Wildman–Crippen LogP) is 3.82. The minimum absolute atomic E-state index is 0.285. The van der Waals surface area contributed by atoms with E-state index in [0.29, 0.717) is 6.04 Å². The molecule has 3 rings (SSSR count). The quantitative estimate of drug-likeness (QED) is 0.905. The maximum Gasteiger partial charge on any atom is 0.122 e. The van der Waals surface area contributed by atoms with Gasteiger partial charge in [0.2, 0.25) is 0 Å². The van der Waals surface area contributed by atoms with Crippen molar-refractivity contribution in [2.75, 3.05) is 6.61 Å². The zero-order valence-corrected chi connectivity index (χ0v) is 12.7. The molecular formula is C18H22N2O. The van der Waals surface area contributed by atoms with Crippen LogP contribution in [0.4, 0.5) is 0 Å². The van der Waals surface area contributed by atoms with Gasteiger partial charge < -0.3 is 10.1 Å². The Balaban J connectivity index is 1.76. The molecule has 2 aromatic rings. The summed E-state index contributed by atoms with van der Waals surface area (Å²) in [5, 5.41) is 3.71. The van der Waals surface area contributed by atoms with Crippen LogP contribution in [0.3, 0.4) is 0 Å². The van der Waals surface area contributed by atoms with Gasteiger partial charge >= 0.3 is 0 Å². The topological polar surface area (TPSA) is 34.2 Å². The summed E-state index contributed by atoms with van der Waals surface area (Å²) in [6.07, 6.45) is 5.83. The molecule has 0 saturated carbocycles. The molecule has 1 aliphatic heterocycles. The molecule has 2 atom stereocenters. The summed E-state index contributed by atoms with van der Waals surface area (Å²) < 4.78 is 5.59. The largest absolute Gasteiger partial charge is 0.493 e. The fourth-order valence-electron chi connectivity index (χ4n) is 2.90. The van der Waals surface area contributed by atoms with Crippen molar-refractivity contribution in [1.82, 2.24) is 10.3 Å². The molecular weight excluding hydrogens is 260 g/mol. The van der Waals surface area contributed by atoms with E-state index < -0.39 is 0 Å². The highest BCUT2D eigenvalue weighted by Crippen LogP contribution is 2.30. The Morgan fingerprint density at radius 1 is 1.29 bits per heavy atom. The smallest absolute Gasteiger partial charge is 0.122 e. The van der Waals surface area contributed by atoms with Gasteiger partial charge in [-0.15, -0.1) is 0 Å². The molecule has 3 heteroatoms. The Morgan fingerprint density at radius 3 is 2.95 bits per heavy atom. The summed E-state index contributed by atoms with van der Waals surface area (Å²) in [4.78, 5) is 4.20. The van der Waals surface area contributed by atoms with Gasteiger partial charge in [-0.1, -0.05) is 25.1 Å². The number of benzene rings is 1. The first-order valence-corrected chi connectivity index (χ1v) is 7.69. The van der Waals surface area contributed by atoms with Crippen LogP contribution in [-0.4, -0.2) is 11.6 Å². The summed E-state index contributed by atoms with van der Waals surface area (Å²) in [7, 11) is 0. The van der Waals surface area contributed by atoms with E-state index >= 15 is 0 Å². The zero-order chi connectivity index (χ0) is 14.7. The molecule has 0 amide bonds. The monoisotopic (exact) mass is 282 g/mol. The first-order valence-electron chi connectivity index (χ1n) is 7.69. The summed E-state index contributed by atoms with van der Waals surface area (Å²) in [5.41, 5.74) is 3.90. The molecule has 0 spiro atoms. The second-order valence-electron chi connectivity index (χ2n) is 5.60. The molecule has 0 fully saturated rings. The molecule has 2 unspecified atom stereocenters. The third kappa shape index (κ3) is 3.08. The van der Waals surface area contributed by atoms with Crippen LogP contribution in [0.1, 0.15) is 49.0 Å². The fourth-order valence-corrected chi connectivity index (χ4v) is 2.90. The number of nitrogens with one attached hydrogen (secondary N) is 1. The van der Waals surface area contributed by atoms with Crippen molar-refractivity contribution < 1.29 is 4.74 Å². The maximum atomic E-state index is 5.59. The lowest BCUT2D eigenvalue weighted by Crippen LogP contribution is -2.24. The first kappa shape index (κ1) is 14.1. The zero-order valence-electron chi connectivity index (χ0n) is 12.7. The average molecular weight is 282 g/mol. The van der Waals surface area contributed by atoms with Crippen LogP contribution in [0.25, 0.3) is 0 Å². The minimum atomic E-state index is 0.285. The molecule has 0 radical (unpaired) electrons. The number of rotatable bonds is 5. The van der Waals surface area contributed by atoms with Crippen LogP contribution in [-0.2, 0) is 6.42 Å². The van der Waals surface area contributed by atoms with Crippen LogP contribution >= 0.6 is 0 Å². The van der Waals surface area contributed by atoms with Crippen molar-refractivity contribution in [3.05, 3.63) is 59.4 Å². The van der Waals surface area contributed by atoms with E-state index in [0.717, 1.165) is 25.2 Å². The standard InChI is InChI=1S/C18H22N2O/c1-3-17(20-13(2)16-5-4-9-19-12-16)14-6-7-18-15(11-14)8-10-21-18/h4-7,9,11-13,17,20H,3,8,10H2,1-2H3. The molecule has 0 saturated heterocycles. The maximum absolute atomic E-state index is 5.59. The van der Waals surface area contributed by atoms with Gasteiger partial charge in [-0.05, 0) is 42.2 Å². The minimum Gasteiger partial charge on any atom is -0.493 e. The van der Waals surface area contributed by atoms with E-state index in [1.165, 1.54) is 16.7 Å². The molecule has 1 aromatic heterocycles. The van der Waals surface area contributed by atoms with E-state index in [1.54, 1.807) is 0 Å². The Kier molecular flexibility index (Phi) is 4.20. The molecule has 1 aromatic carbocycles.